The number of nitrogen functional groups attached to an aromatic ring is 1. The van der Waals surface area contributed by atoms with Gasteiger partial charge in [0.2, 0.25) is 0 Å². The summed E-state index contributed by atoms with van der Waals surface area (Å²) in [6.45, 7) is 3.77. The van der Waals surface area contributed by atoms with Crippen molar-refractivity contribution in [2.45, 2.75) is 13.8 Å². The lowest BCUT2D eigenvalue weighted by atomic mass is 10.0. The SMILES string of the molecule is Cc1cc(C(=N)c2cnc(C)cc2N)ccn1. The Bertz CT molecular complexity index is 575. The maximum absolute atomic E-state index is 8.13. The summed E-state index contributed by atoms with van der Waals surface area (Å²) in [7, 11) is 0. The van der Waals surface area contributed by atoms with Crippen molar-refractivity contribution < 1.29 is 0 Å². The number of aryl methyl sites for hydroxylation is 2. The predicted octanol–water partition coefficient (Wildman–Crippen LogP) is 2.09. The molecule has 0 unspecified atom stereocenters. The zero-order chi connectivity index (χ0) is 12.4. The second kappa shape index (κ2) is 4.33. The van der Waals surface area contributed by atoms with E-state index in [0.29, 0.717) is 17.0 Å². The minimum absolute atomic E-state index is 0.375. The van der Waals surface area contributed by atoms with Gasteiger partial charge in [0.05, 0.1) is 5.71 Å². The largest absolute Gasteiger partial charge is 0.398 e. The molecule has 3 N–H and O–H groups in total. The number of nitrogens with two attached hydrogens (primary N) is 1. The van der Waals surface area contributed by atoms with Gasteiger partial charge in [0, 0.05) is 40.6 Å². The molecule has 0 amide bonds. The van der Waals surface area contributed by atoms with E-state index in [1.807, 2.05) is 19.9 Å². The molecule has 0 bridgehead atoms. The van der Waals surface area contributed by atoms with Crippen LogP contribution in [0.5, 0.6) is 0 Å². The number of rotatable bonds is 2. The summed E-state index contributed by atoms with van der Waals surface area (Å²) in [5.74, 6) is 0. The standard InChI is InChI=1S/C13H14N4/c1-8-5-10(3-4-16-8)13(15)11-7-17-9(2)6-12(11)14/h3-7,15H,1-2H3,(H2,14,17). The van der Waals surface area contributed by atoms with Crippen LogP contribution in [-0.4, -0.2) is 15.7 Å². The van der Waals surface area contributed by atoms with Gasteiger partial charge >= 0.3 is 0 Å². The lowest BCUT2D eigenvalue weighted by Crippen LogP contribution is -2.07. The van der Waals surface area contributed by atoms with Crippen molar-refractivity contribution in [1.29, 1.82) is 5.41 Å². The first-order valence-electron chi connectivity index (χ1n) is 5.32. The fourth-order valence-corrected chi connectivity index (χ4v) is 1.65. The number of aromatic nitrogens is 2. The van der Waals surface area contributed by atoms with Gasteiger partial charge in [-0.3, -0.25) is 15.4 Å². The third kappa shape index (κ3) is 2.30. The maximum Gasteiger partial charge on any atom is 0.0722 e. The summed E-state index contributed by atoms with van der Waals surface area (Å²) in [4.78, 5) is 8.28. The second-order valence-corrected chi connectivity index (χ2v) is 3.97. The van der Waals surface area contributed by atoms with Crippen molar-refractivity contribution in [3.05, 3.63) is 53.1 Å². The molecule has 2 aromatic rings. The maximum atomic E-state index is 8.13. The first-order chi connectivity index (χ1) is 8.08. The van der Waals surface area contributed by atoms with Crippen LogP contribution in [0.2, 0.25) is 0 Å². The molecule has 0 aliphatic heterocycles. The van der Waals surface area contributed by atoms with E-state index in [1.165, 1.54) is 0 Å². The van der Waals surface area contributed by atoms with Crippen LogP contribution in [0.15, 0.2) is 30.6 Å². The summed E-state index contributed by atoms with van der Waals surface area (Å²) >= 11 is 0. The van der Waals surface area contributed by atoms with Gasteiger partial charge in [-0.05, 0) is 32.0 Å². The molecule has 0 fully saturated rings. The van der Waals surface area contributed by atoms with Gasteiger partial charge in [-0.1, -0.05) is 0 Å². The van der Waals surface area contributed by atoms with Crippen LogP contribution in [0.4, 0.5) is 5.69 Å². The highest BCUT2D eigenvalue weighted by Gasteiger charge is 2.09. The van der Waals surface area contributed by atoms with E-state index >= 15 is 0 Å². The average molecular weight is 226 g/mol. The first-order valence-corrected chi connectivity index (χ1v) is 5.32. The zero-order valence-corrected chi connectivity index (χ0v) is 9.86. The van der Waals surface area contributed by atoms with Crippen LogP contribution in [0.1, 0.15) is 22.5 Å². The smallest absolute Gasteiger partial charge is 0.0722 e. The lowest BCUT2D eigenvalue weighted by molar-refractivity contribution is 1.18. The predicted molar refractivity (Wildman–Crippen MR) is 68.3 cm³/mol. The fraction of sp³-hybridized carbons (Fsp3) is 0.154. The van der Waals surface area contributed by atoms with Gasteiger partial charge < -0.3 is 5.73 Å². The van der Waals surface area contributed by atoms with Crippen molar-refractivity contribution in [3.8, 4) is 0 Å². The van der Waals surface area contributed by atoms with E-state index in [4.69, 9.17) is 11.1 Å². The number of nitrogens with zero attached hydrogens (tertiary/aromatic N) is 2. The number of nitrogens with one attached hydrogen (secondary N) is 1. The highest BCUT2D eigenvalue weighted by molar-refractivity contribution is 6.13. The minimum atomic E-state index is 0.375. The van der Waals surface area contributed by atoms with Crippen molar-refractivity contribution in [2.75, 3.05) is 5.73 Å². The molecule has 86 valence electrons. The molecule has 0 saturated carbocycles. The Balaban J connectivity index is 2.44. The molecule has 4 nitrogen and oxygen atoms in total. The molecule has 0 aliphatic carbocycles. The summed E-state index contributed by atoms with van der Waals surface area (Å²) < 4.78 is 0. The van der Waals surface area contributed by atoms with E-state index in [-0.39, 0.29) is 0 Å². The molecule has 0 saturated heterocycles. The molecular formula is C13H14N4. The first kappa shape index (κ1) is 11.3. The van der Waals surface area contributed by atoms with Gasteiger partial charge in [-0.2, -0.15) is 0 Å². The van der Waals surface area contributed by atoms with Crippen molar-refractivity contribution >= 4 is 11.4 Å². The Morgan fingerprint density at radius 1 is 1.18 bits per heavy atom. The third-order valence-corrected chi connectivity index (χ3v) is 2.53. The van der Waals surface area contributed by atoms with Gasteiger partial charge in [0.1, 0.15) is 0 Å². The Hall–Kier alpha value is -2.23. The quantitative estimate of drug-likeness (QED) is 0.770. The molecule has 0 radical (unpaired) electrons. The third-order valence-electron chi connectivity index (χ3n) is 2.53. The highest BCUT2D eigenvalue weighted by Crippen LogP contribution is 2.16. The van der Waals surface area contributed by atoms with Crippen molar-refractivity contribution in [2.24, 2.45) is 0 Å². The summed E-state index contributed by atoms with van der Waals surface area (Å²) in [5, 5.41) is 8.13. The molecule has 0 aliphatic rings. The molecule has 0 atom stereocenters. The van der Waals surface area contributed by atoms with Crippen LogP contribution in [0.25, 0.3) is 0 Å². The average Bonchev–Trinajstić information content (AvgIpc) is 2.28. The molecule has 17 heavy (non-hydrogen) atoms. The molecule has 2 heterocycles. The molecule has 0 spiro atoms. The minimum Gasteiger partial charge on any atom is -0.398 e. The zero-order valence-electron chi connectivity index (χ0n) is 9.86. The second-order valence-electron chi connectivity index (χ2n) is 3.97. The van der Waals surface area contributed by atoms with E-state index in [0.717, 1.165) is 17.0 Å². The Kier molecular flexibility index (Phi) is 2.87. The normalized spacial score (nSPS) is 10.2. The Labute approximate surface area is 100 Å². The number of anilines is 1. The van der Waals surface area contributed by atoms with Gasteiger partial charge in [-0.15, -0.1) is 0 Å². The molecule has 2 rings (SSSR count). The van der Waals surface area contributed by atoms with Gasteiger partial charge in [-0.25, -0.2) is 0 Å². The summed E-state index contributed by atoms with van der Waals surface area (Å²) in [6.07, 6.45) is 3.33. The Morgan fingerprint density at radius 3 is 2.53 bits per heavy atom. The lowest BCUT2D eigenvalue weighted by Gasteiger charge is -2.08. The van der Waals surface area contributed by atoms with E-state index in [9.17, 15) is 0 Å². The summed E-state index contributed by atoms with van der Waals surface area (Å²) in [6, 6.07) is 5.44. The van der Waals surface area contributed by atoms with E-state index in [1.54, 1.807) is 24.5 Å². The summed E-state index contributed by atoms with van der Waals surface area (Å²) in [5.41, 5.74) is 10.0. The van der Waals surface area contributed by atoms with Gasteiger partial charge in [0.15, 0.2) is 0 Å². The highest BCUT2D eigenvalue weighted by atomic mass is 14.7. The van der Waals surface area contributed by atoms with Crippen LogP contribution >= 0.6 is 0 Å². The van der Waals surface area contributed by atoms with Crippen LogP contribution in [-0.2, 0) is 0 Å². The molecular weight excluding hydrogens is 212 g/mol. The van der Waals surface area contributed by atoms with Crippen LogP contribution in [0.3, 0.4) is 0 Å². The number of hydrogen-bond donors (Lipinski definition) is 2. The van der Waals surface area contributed by atoms with Crippen LogP contribution < -0.4 is 5.73 Å². The molecule has 0 aromatic carbocycles. The van der Waals surface area contributed by atoms with E-state index in [2.05, 4.69) is 9.97 Å². The number of pyridine rings is 2. The molecule has 2 aromatic heterocycles. The van der Waals surface area contributed by atoms with Crippen molar-refractivity contribution in [3.63, 3.8) is 0 Å². The van der Waals surface area contributed by atoms with Crippen molar-refractivity contribution in [1.82, 2.24) is 9.97 Å². The van der Waals surface area contributed by atoms with E-state index < -0.39 is 0 Å². The van der Waals surface area contributed by atoms with Crippen LogP contribution in [0, 0.1) is 19.3 Å². The Morgan fingerprint density at radius 2 is 1.88 bits per heavy atom. The topological polar surface area (TPSA) is 75.7 Å². The monoisotopic (exact) mass is 226 g/mol. The number of hydrogen-bond acceptors (Lipinski definition) is 4. The fourth-order valence-electron chi connectivity index (χ4n) is 1.65. The van der Waals surface area contributed by atoms with Gasteiger partial charge in [0.25, 0.3) is 0 Å². The molecule has 4 heteroatoms.